The van der Waals surface area contributed by atoms with Crippen molar-refractivity contribution in [2.75, 3.05) is 11.9 Å². The van der Waals surface area contributed by atoms with Crippen molar-refractivity contribution < 1.29 is 9.53 Å². The minimum Gasteiger partial charge on any atom is -0.485 e. The number of nitrogens with two attached hydrogens (primary N) is 1. The van der Waals surface area contributed by atoms with Crippen LogP contribution < -0.4 is 15.8 Å². The van der Waals surface area contributed by atoms with Gasteiger partial charge in [0.15, 0.2) is 0 Å². The van der Waals surface area contributed by atoms with Crippen LogP contribution in [0.5, 0.6) is 5.75 Å². The number of hydrogen-bond acceptors (Lipinski definition) is 3. The Balaban J connectivity index is 2.25. The predicted molar refractivity (Wildman–Crippen MR) is 93.8 cm³/mol. The Kier molecular flexibility index (Phi) is 5.77. The van der Waals surface area contributed by atoms with Gasteiger partial charge >= 0.3 is 0 Å². The first-order valence-corrected chi connectivity index (χ1v) is 7.98. The van der Waals surface area contributed by atoms with E-state index in [1.54, 1.807) is 6.07 Å². The summed E-state index contributed by atoms with van der Waals surface area (Å²) in [5.41, 5.74) is 6.72. The first-order valence-electron chi connectivity index (χ1n) is 7.98. The number of anilines is 1. The van der Waals surface area contributed by atoms with Crippen LogP contribution in [0.2, 0.25) is 0 Å². The van der Waals surface area contributed by atoms with Crippen LogP contribution in [0.3, 0.4) is 0 Å². The second kappa shape index (κ2) is 7.79. The third-order valence-electron chi connectivity index (χ3n) is 4.15. The first-order chi connectivity index (χ1) is 11.1. The molecule has 0 saturated carbocycles. The number of nitrogens with one attached hydrogen (secondary N) is 1. The van der Waals surface area contributed by atoms with Crippen molar-refractivity contribution in [3.8, 4) is 5.75 Å². The molecule has 2 aromatic carbocycles. The zero-order valence-electron chi connectivity index (χ0n) is 13.7. The second-order valence-corrected chi connectivity index (χ2v) is 5.51. The molecule has 23 heavy (non-hydrogen) atoms. The Labute approximate surface area is 137 Å². The van der Waals surface area contributed by atoms with Gasteiger partial charge < -0.3 is 15.8 Å². The molecule has 0 fully saturated rings. The molecule has 4 heteroatoms. The van der Waals surface area contributed by atoms with E-state index in [4.69, 9.17) is 10.5 Å². The highest BCUT2D eigenvalue weighted by Gasteiger charge is 2.28. The van der Waals surface area contributed by atoms with Gasteiger partial charge in [-0.25, -0.2) is 0 Å². The highest BCUT2D eigenvalue weighted by Crippen LogP contribution is 2.27. The normalized spacial score (nSPS) is 11.1. The largest absolute Gasteiger partial charge is 0.485 e. The van der Waals surface area contributed by atoms with E-state index in [1.165, 1.54) is 0 Å². The third-order valence-corrected chi connectivity index (χ3v) is 4.15. The van der Waals surface area contributed by atoms with Crippen LogP contribution in [0, 0.1) is 0 Å². The summed E-state index contributed by atoms with van der Waals surface area (Å²) in [6.45, 7) is 4.50. The topological polar surface area (TPSA) is 64.3 Å². The molecular formula is C19H24N2O2. The fourth-order valence-electron chi connectivity index (χ4n) is 2.42. The average molecular weight is 312 g/mol. The van der Waals surface area contributed by atoms with Gasteiger partial charge in [0.1, 0.15) is 11.4 Å². The molecule has 0 atom stereocenters. The van der Waals surface area contributed by atoms with Crippen molar-refractivity contribution in [3.05, 3.63) is 60.2 Å². The van der Waals surface area contributed by atoms with Crippen LogP contribution in [0.1, 0.15) is 37.0 Å². The monoisotopic (exact) mass is 312 g/mol. The summed E-state index contributed by atoms with van der Waals surface area (Å²) >= 11 is 0. The molecule has 0 spiro atoms. The van der Waals surface area contributed by atoms with Gasteiger partial charge in [0.05, 0.1) is 5.56 Å². The molecule has 3 N–H and O–H groups in total. The van der Waals surface area contributed by atoms with E-state index in [0.717, 1.165) is 18.5 Å². The molecule has 2 aromatic rings. The van der Waals surface area contributed by atoms with E-state index >= 15 is 0 Å². The van der Waals surface area contributed by atoms with Crippen molar-refractivity contribution >= 4 is 11.6 Å². The summed E-state index contributed by atoms with van der Waals surface area (Å²) in [6.07, 6.45) is 1.57. The van der Waals surface area contributed by atoms with E-state index < -0.39 is 5.60 Å². The van der Waals surface area contributed by atoms with E-state index in [1.807, 2.05) is 62.4 Å². The lowest BCUT2D eigenvalue weighted by Gasteiger charge is -2.32. The average Bonchev–Trinajstić information content (AvgIpc) is 2.61. The smallest absolute Gasteiger partial charge is 0.259 e. The summed E-state index contributed by atoms with van der Waals surface area (Å²) in [4.78, 5) is 12.6. The Morgan fingerprint density at radius 2 is 1.65 bits per heavy atom. The summed E-state index contributed by atoms with van der Waals surface area (Å²) < 4.78 is 6.15. The number of benzene rings is 2. The number of amides is 1. The molecule has 0 aliphatic heterocycles. The molecule has 0 radical (unpaired) electrons. The van der Waals surface area contributed by atoms with Crippen molar-refractivity contribution in [1.29, 1.82) is 0 Å². The maximum absolute atomic E-state index is 12.6. The predicted octanol–water partition coefficient (Wildman–Crippen LogP) is 3.84. The minimum atomic E-state index is -0.441. The minimum absolute atomic E-state index is 0.190. The van der Waals surface area contributed by atoms with Crippen molar-refractivity contribution in [1.82, 2.24) is 0 Å². The molecule has 0 heterocycles. The van der Waals surface area contributed by atoms with E-state index in [2.05, 4.69) is 5.32 Å². The second-order valence-electron chi connectivity index (χ2n) is 5.51. The zero-order chi connectivity index (χ0) is 16.7. The highest BCUT2D eigenvalue weighted by molar-refractivity contribution is 6.06. The van der Waals surface area contributed by atoms with Crippen LogP contribution in [0.4, 0.5) is 5.69 Å². The summed E-state index contributed by atoms with van der Waals surface area (Å²) in [7, 11) is 0. The summed E-state index contributed by atoms with van der Waals surface area (Å²) in [5.74, 6) is 0.375. The van der Waals surface area contributed by atoms with Gasteiger partial charge in [0.25, 0.3) is 5.91 Å². The number of carbonyl (C=O) groups is 1. The Morgan fingerprint density at radius 3 is 2.26 bits per heavy atom. The van der Waals surface area contributed by atoms with Gasteiger partial charge in [-0.15, -0.1) is 0 Å². The quantitative estimate of drug-likeness (QED) is 0.816. The number of carbonyl (C=O) groups excluding carboxylic acids is 1. The van der Waals surface area contributed by atoms with Crippen molar-refractivity contribution in [3.63, 3.8) is 0 Å². The standard InChI is InChI=1S/C19H24N2O2/c1-3-19(4-2,14-20)23-17-13-9-8-12-16(17)18(22)21-15-10-6-5-7-11-15/h5-13H,3-4,14,20H2,1-2H3,(H,21,22). The molecule has 2 rings (SSSR count). The van der Waals surface area contributed by atoms with Gasteiger partial charge in [-0.1, -0.05) is 44.2 Å². The van der Waals surface area contributed by atoms with Crippen LogP contribution in [0.15, 0.2) is 54.6 Å². The van der Waals surface area contributed by atoms with Gasteiger partial charge in [0, 0.05) is 12.2 Å². The number of para-hydroxylation sites is 2. The zero-order valence-corrected chi connectivity index (χ0v) is 13.7. The molecule has 4 nitrogen and oxygen atoms in total. The van der Waals surface area contributed by atoms with Gasteiger partial charge in [-0.05, 0) is 37.1 Å². The van der Waals surface area contributed by atoms with Crippen molar-refractivity contribution in [2.24, 2.45) is 5.73 Å². The molecule has 0 unspecified atom stereocenters. The van der Waals surface area contributed by atoms with Crippen LogP contribution in [0.25, 0.3) is 0 Å². The lowest BCUT2D eigenvalue weighted by atomic mass is 9.97. The van der Waals surface area contributed by atoms with Crippen LogP contribution in [-0.4, -0.2) is 18.1 Å². The lowest BCUT2D eigenvalue weighted by Crippen LogP contribution is -2.42. The van der Waals surface area contributed by atoms with E-state index in [-0.39, 0.29) is 5.91 Å². The SMILES string of the molecule is CCC(CC)(CN)Oc1ccccc1C(=O)Nc1ccccc1. The fourth-order valence-corrected chi connectivity index (χ4v) is 2.42. The van der Waals surface area contributed by atoms with Gasteiger partial charge in [-0.2, -0.15) is 0 Å². The molecular weight excluding hydrogens is 288 g/mol. The molecule has 0 aliphatic rings. The molecule has 1 amide bonds. The maximum atomic E-state index is 12.6. The van der Waals surface area contributed by atoms with Crippen molar-refractivity contribution in [2.45, 2.75) is 32.3 Å². The fraction of sp³-hybridized carbons (Fsp3) is 0.316. The Bertz CT molecular complexity index is 629. The third kappa shape index (κ3) is 4.11. The maximum Gasteiger partial charge on any atom is 0.259 e. The lowest BCUT2D eigenvalue weighted by molar-refractivity contribution is 0.0673. The molecule has 0 aromatic heterocycles. The van der Waals surface area contributed by atoms with Gasteiger partial charge in [-0.3, -0.25) is 4.79 Å². The Morgan fingerprint density at radius 1 is 1.04 bits per heavy atom. The highest BCUT2D eigenvalue weighted by atomic mass is 16.5. The summed E-state index contributed by atoms with van der Waals surface area (Å²) in [5, 5.41) is 2.89. The van der Waals surface area contributed by atoms with E-state index in [0.29, 0.717) is 17.9 Å². The summed E-state index contributed by atoms with van der Waals surface area (Å²) in [6, 6.07) is 16.6. The van der Waals surface area contributed by atoms with Crippen LogP contribution in [-0.2, 0) is 0 Å². The van der Waals surface area contributed by atoms with Crippen LogP contribution >= 0.6 is 0 Å². The molecule has 0 aliphatic carbocycles. The number of rotatable bonds is 7. The number of hydrogen-bond donors (Lipinski definition) is 2. The molecule has 0 saturated heterocycles. The Hall–Kier alpha value is -2.33. The molecule has 0 bridgehead atoms. The van der Waals surface area contributed by atoms with E-state index in [9.17, 15) is 4.79 Å². The van der Waals surface area contributed by atoms with Gasteiger partial charge in [0.2, 0.25) is 0 Å². The first kappa shape index (κ1) is 17.0. The number of ether oxygens (including phenoxy) is 1. The molecule has 122 valence electrons.